The predicted molar refractivity (Wildman–Crippen MR) is 76.0 cm³/mol. The number of para-hydroxylation sites is 1. The summed E-state index contributed by atoms with van der Waals surface area (Å²) < 4.78 is 26.6. The molecular weight excluding hydrogens is 298 g/mol. The lowest BCUT2D eigenvalue weighted by Gasteiger charge is -2.20. The molecule has 0 bridgehead atoms. The molecule has 0 saturated heterocycles. The second-order valence-corrected chi connectivity index (χ2v) is 7.41. The number of benzene rings is 1. The van der Waals surface area contributed by atoms with Gasteiger partial charge in [0, 0.05) is 6.54 Å². The Morgan fingerprint density at radius 3 is 2.70 bits per heavy atom. The number of carbonyl (C=O) groups is 1. The predicted octanol–water partition coefficient (Wildman–Crippen LogP) is 2.20. The minimum Gasteiger partial charge on any atom is -0.478 e. The van der Waals surface area contributed by atoms with Crippen molar-refractivity contribution >= 4 is 33.0 Å². The smallest absolute Gasteiger partial charge is 0.337 e. The number of aromatic carboxylic acids is 1. The van der Waals surface area contributed by atoms with E-state index in [1.807, 2.05) is 0 Å². The first-order chi connectivity index (χ1) is 9.51. The molecule has 1 aromatic carbocycles. The number of anilines is 1. The molecule has 0 amide bonds. The Balaban J connectivity index is 2.17. The average Bonchev–Trinajstić information content (AvgIpc) is 3.07. The number of carboxylic acids is 1. The fraction of sp³-hybridized carbons (Fsp3) is 0.154. The molecule has 0 atom stereocenters. The standard InChI is InChI=1S/C13H11NO4S2/c15-13(16)10-4-1-3-9-6-7-14(12(9)10)20(17,18)11-5-2-8-19-11/h1-5,8H,6-7H2,(H,15,16). The van der Waals surface area contributed by atoms with Crippen molar-refractivity contribution in [1.82, 2.24) is 0 Å². The number of carboxylic acid groups (broad SMARTS) is 1. The molecule has 3 rings (SSSR count). The number of hydrogen-bond donors (Lipinski definition) is 1. The van der Waals surface area contributed by atoms with Gasteiger partial charge in [-0.1, -0.05) is 18.2 Å². The lowest BCUT2D eigenvalue weighted by molar-refractivity contribution is 0.0698. The molecule has 1 aliphatic heterocycles. The van der Waals surface area contributed by atoms with Gasteiger partial charge in [0.2, 0.25) is 0 Å². The van der Waals surface area contributed by atoms with E-state index in [1.54, 1.807) is 23.6 Å². The van der Waals surface area contributed by atoms with Gasteiger partial charge in [-0.15, -0.1) is 11.3 Å². The van der Waals surface area contributed by atoms with Crippen LogP contribution in [0.4, 0.5) is 5.69 Å². The topological polar surface area (TPSA) is 74.7 Å². The van der Waals surface area contributed by atoms with Crippen LogP contribution in [-0.2, 0) is 16.4 Å². The Morgan fingerprint density at radius 2 is 2.05 bits per heavy atom. The van der Waals surface area contributed by atoms with Crippen molar-refractivity contribution in [2.24, 2.45) is 0 Å². The molecule has 0 spiro atoms. The third-order valence-corrected chi connectivity index (χ3v) is 6.40. The van der Waals surface area contributed by atoms with E-state index in [2.05, 4.69) is 0 Å². The SMILES string of the molecule is O=C(O)c1cccc2c1N(S(=O)(=O)c1cccs1)CC2. The normalized spacial score (nSPS) is 14.3. The van der Waals surface area contributed by atoms with Gasteiger partial charge in [0.1, 0.15) is 4.21 Å². The first-order valence-corrected chi connectivity index (χ1v) is 8.25. The Kier molecular flexibility index (Phi) is 3.02. The van der Waals surface area contributed by atoms with Gasteiger partial charge in [0.15, 0.2) is 0 Å². The Labute approximate surface area is 120 Å². The number of nitrogens with zero attached hydrogens (tertiary/aromatic N) is 1. The lowest BCUT2D eigenvalue weighted by Crippen LogP contribution is -2.29. The first-order valence-electron chi connectivity index (χ1n) is 5.93. The minimum absolute atomic E-state index is 0.0279. The highest BCUT2D eigenvalue weighted by molar-refractivity contribution is 7.94. The summed E-state index contributed by atoms with van der Waals surface area (Å²) in [5, 5.41) is 10.9. The van der Waals surface area contributed by atoms with Gasteiger partial charge in [0.25, 0.3) is 10.0 Å². The van der Waals surface area contributed by atoms with E-state index in [-0.39, 0.29) is 16.3 Å². The van der Waals surface area contributed by atoms with Crippen LogP contribution in [0.2, 0.25) is 0 Å². The largest absolute Gasteiger partial charge is 0.478 e. The molecule has 1 aromatic heterocycles. The number of fused-ring (bicyclic) bond motifs is 1. The first kappa shape index (κ1) is 13.1. The zero-order valence-corrected chi connectivity index (χ0v) is 11.9. The van der Waals surface area contributed by atoms with Crippen LogP contribution in [0.1, 0.15) is 15.9 Å². The van der Waals surface area contributed by atoms with Crippen molar-refractivity contribution in [3.8, 4) is 0 Å². The van der Waals surface area contributed by atoms with Gasteiger partial charge in [-0.3, -0.25) is 4.31 Å². The van der Waals surface area contributed by atoms with Gasteiger partial charge in [-0.2, -0.15) is 0 Å². The van der Waals surface area contributed by atoms with Gasteiger partial charge in [-0.05, 0) is 29.5 Å². The van der Waals surface area contributed by atoms with Crippen LogP contribution in [0.25, 0.3) is 0 Å². The summed E-state index contributed by atoms with van der Waals surface area (Å²) in [5.74, 6) is -1.12. The molecule has 0 fully saturated rings. The van der Waals surface area contributed by atoms with Crippen LogP contribution < -0.4 is 4.31 Å². The molecule has 0 saturated carbocycles. The van der Waals surface area contributed by atoms with E-state index in [4.69, 9.17) is 0 Å². The van der Waals surface area contributed by atoms with Crippen molar-refractivity contribution in [2.75, 3.05) is 10.8 Å². The highest BCUT2D eigenvalue weighted by atomic mass is 32.2. The van der Waals surface area contributed by atoms with Crippen molar-refractivity contribution in [2.45, 2.75) is 10.6 Å². The molecule has 7 heteroatoms. The molecule has 0 unspecified atom stereocenters. The molecule has 5 nitrogen and oxygen atoms in total. The highest BCUT2D eigenvalue weighted by Gasteiger charge is 2.34. The maximum atomic E-state index is 12.6. The van der Waals surface area contributed by atoms with E-state index >= 15 is 0 Å². The number of rotatable bonds is 3. The van der Waals surface area contributed by atoms with Crippen molar-refractivity contribution in [3.63, 3.8) is 0 Å². The fourth-order valence-corrected chi connectivity index (χ4v) is 4.98. The number of thiophene rings is 1. The Morgan fingerprint density at radius 1 is 1.25 bits per heavy atom. The minimum atomic E-state index is -3.68. The highest BCUT2D eigenvalue weighted by Crippen LogP contribution is 2.36. The monoisotopic (exact) mass is 309 g/mol. The fourth-order valence-electron chi connectivity index (χ4n) is 2.35. The van der Waals surface area contributed by atoms with Crippen molar-refractivity contribution < 1.29 is 18.3 Å². The number of sulfonamides is 1. The molecule has 104 valence electrons. The zero-order valence-electron chi connectivity index (χ0n) is 10.3. The summed E-state index contributed by atoms with van der Waals surface area (Å²) in [6.07, 6.45) is 0.529. The summed E-state index contributed by atoms with van der Waals surface area (Å²) in [7, 11) is -3.68. The third kappa shape index (κ3) is 1.90. The summed E-state index contributed by atoms with van der Waals surface area (Å²) in [4.78, 5) is 11.3. The Hall–Kier alpha value is -1.86. The quantitative estimate of drug-likeness (QED) is 0.943. The van der Waals surface area contributed by atoms with Crippen LogP contribution in [0.5, 0.6) is 0 Å². The van der Waals surface area contributed by atoms with Crippen LogP contribution in [0, 0.1) is 0 Å². The summed E-state index contributed by atoms with van der Waals surface area (Å²) in [6, 6.07) is 8.04. The molecule has 2 heterocycles. The van der Waals surface area contributed by atoms with Crippen LogP contribution in [0.3, 0.4) is 0 Å². The second kappa shape index (κ2) is 4.60. The van der Waals surface area contributed by atoms with Gasteiger partial charge in [-0.25, -0.2) is 13.2 Å². The second-order valence-electron chi connectivity index (χ2n) is 4.38. The summed E-state index contributed by atoms with van der Waals surface area (Å²) >= 11 is 1.13. The Bertz CT molecular complexity index is 766. The molecule has 0 radical (unpaired) electrons. The average molecular weight is 309 g/mol. The molecular formula is C13H11NO4S2. The molecule has 2 aromatic rings. The molecule has 1 aliphatic rings. The van der Waals surface area contributed by atoms with Crippen molar-refractivity contribution in [3.05, 3.63) is 46.8 Å². The van der Waals surface area contributed by atoms with Crippen LogP contribution >= 0.6 is 11.3 Å². The summed E-state index contributed by atoms with van der Waals surface area (Å²) in [6.45, 7) is 0.278. The van der Waals surface area contributed by atoms with E-state index in [0.29, 0.717) is 12.1 Å². The molecule has 0 aliphatic carbocycles. The van der Waals surface area contributed by atoms with E-state index in [0.717, 1.165) is 16.9 Å². The number of hydrogen-bond acceptors (Lipinski definition) is 4. The third-order valence-electron chi connectivity index (χ3n) is 3.22. The van der Waals surface area contributed by atoms with E-state index in [1.165, 1.54) is 16.4 Å². The van der Waals surface area contributed by atoms with Crippen LogP contribution in [-0.4, -0.2) is 26.0 Å². The van der Waals surface area contributed by atoms with Gasteiger partial charge in [0.05, 0.1) is 11.3 Å². The zero-order chi connectivity index (χ0) is 14.3. The van der Waals surface area contributed by atoms with Gasteiger partial charge >= 0.3 is 5.97 Å². The van der Waals surface area contributed by atoms with E-state index < -0.39 is 16.0 Å². The van der Waals surface area contributed by atoms with E-state index in [9.17, 15) is 18.3 Å². The molecule has 1 N–H and O–H groups in total. The summed E-state index contributed by atoms with van der Waals surface area (Å²) in [5.41, 5.74) is 1.08. The maximum Gasteiger partial charge on any atom is 0.337 e. The molecule has 20 heavy (non-hydrogen) atoms. The van der Waals surface area contributed by atoms with Crippen LogP contribution in [0.15, 0.2) is 39.9 Å². The van der Waals surface area contributed by atoms with Gasteiger partial charge < -0.3 is 5.11 Å². The lowest BCUT2D eigenvalue weighted by atomic mass is 10.1. The maximum absolute atomic E-state index is 12.6. The van der Waals surface area contributed by atoms with Crippen molar-refractivity contribution in [1.29, 1.82) is 0 Å².